The number of hydrogen-bond acceptors (Lipinski definition) is 5. The van der Waals surface area contributed by atoms with Crippen molar-refractivity contribution in [3.63, 3.8) is 0 Å². The maximum Gasteiger partial charge on any atom is 0.282 e. The first-order valence-corrected chi connectivity index (χ1v) is 8.15. The summed E-state index contributed by atoms with van der Waals surface area (Å²) >= 11 is 0. The average molecular weight is 306 g/mol. The number of hydrogen-bond donors (Lipinski definition) is 2. The van der Waals surface area contributed by atoms with Gasteiger partial charge >= 0.3 is 0 Å². The summed E-state index contributed by atoms with van der Waals surface area (Å²) in [6.07, 6.45) is 3.95. The molecule has 6 nitrogen and oxygen atoms in total. The highest BCUT2D eigenvalue weighted by atomic mass is 32.2. The van der Waals surface area contributed by atoms with Crippen molar-refractivity contribution in [2.75, 3.05) is 16.6 Å². The molecule has 0 aromatic carbocycles. The highest BCUT2D eigenvalue weighted by molar-refractivity contribution is 7.92. The molecular formula is C14H18N4O2S. The molecule has 2 heterocycles. The van der Waals surface area contributed by atoms with Crippen LogP contribution in [-0.2, 0) is 10.0 Å². The zero-order valence-electron chi connectivity index (χ0n) is 12.0. The van der Waals surface area contributed by atoms with E-state index in [1.807, 2.05) is 13.8 Å². The van der Waals surface area contributed by atoms with Gasteiger partial charge in [-0.05, 0) is 37.1 Å². The Morgan fingerprint density at radius 1 is 1.19 bits per heavy atom. The normalized spacial score (nSPS) is 11.1. The van der Waals surface area contributed by atoms with E-state index in [0.717, 1.165) is 12.0 Å². The van der Waals surface area contributed by atoms with E-state index in [4.69, 9.17) is 0 Å². The van der Waals surface area contributed by atoms with Crippen LogP contribution in [0.15, 0.2) is 41.7 Å². The summed E-state index contributed by atoms with van der Waals surface area (Å²) in [4.78, 5) is 8.02. The van der Waals surface area contributed by atoms with Gasteiger partial charge in [0.05, 0.1) is 5.69 Å². The van der Waals surface area contributed by atoms with E-state index in [1.54, 1.807) is 30.5 Å². The quantitative estimate of drug-likeness (QED) is 0.856. The first-order valence-electron chi connectivity index (χ1n) is 6.67. The zero-order valence-corrected chi connectivity index (χ0v) is 12.8. The number of nitrogens with zero attached hydrogens (tertiary/aromatic N) is 2. The maximum absolute atomic E-state index is 12.4. The lowest BCUT2D eigenvalue weighted by Gasteiger charge is -2.12. The number of pyridine rings is 2. The van der Waals surface area contributed by atoms with E-state index in [9.17, 15) is 8.42 Å². The van der Waals surface area contributed by atoms with Crippen molar-refractivity contribution >= 4 is 21.5 Å². The summed E-state index contributed by atoms with van der Waals surface area (Å²) in [6.45, 7) is 4.57. The van der Waals surface area contributed by atoms with Gasteiger partial charge in [0.15, 0.2) is 5.03 Å². The van der Waals surface area contributed by atoms with Crippen molar-refractivity contribution in [3.05, 3.63) is 42.2 Å². The first-order chi connectivity index (χ1) is 10.0. The van der Waals surface area contributed by atoms with Crippen molar-refractivity contribution in [1.82, 2.24) is 9.97 Å². The van der Waals surface area contributed by atoms with Crippen LogP contribution in [0.3, 0.4) is 0 Å². The van der Waals surface area contributed by atoms with Gasteiger partial charge in [0.2, 0.25) is 0 Å². The Labute approximate surface area is 124 Å². The standard InChI is InChI=1S/C14H18N4O2S/c1-3-8-15-12-5-4-9-16-14(12)21(19,20)18-13-7-6-11(2)10-17-13/h4-7,9-10,15H,3,8H2,1-2H3,(H,17,18). The fourth-order valence-corrected chi connectivity index (χ4v) is 2.84. The van der Waals surface area contributed by atoms with Gasteiger partial charge in [0, 0.05) is 18.9 Å². The van der Waals surface area contributed by atoms with E-state index >= 15 is 0 Å². The lowest BCUT2D eigenvalue weighted by atomic mass is 10.3. The van der Waals surface area contributed by atoms with Crippen LogP contribution in [0.4, 0.5) is 11.5 Å². The van der Waals surface area contributed by atoms with Gasteiger partial charge in [-0.2, -0.15) is 8.42 Å². The van der Waals surface area contributed by atoms with Gasteiger partial charge in [-0.25, -0.2) is 9.97 Å². The SMILES string of the molecule is CCCNc1cccnc1S(=O)(=O)Nc1ccc(C)cn1. The third-order valence-electron chi connectivity index (χ3n) is 2.74. The second kappa shape index (κ2) is 6.53. The Bertz CT molecular complexity index is 699. The fraction of sp³-hybridized carbons (Fsp3) is 0.286. The third kappa shape index (κ3) is 3.91. The Kier molecular flexibility index (Phi) is 4.74. The molecule has 2 aromatic heterocycles. The minimum atomic E-state index is -3.77. The molecule has 0 amide bonds. The molecule has 0 saturated carbocycles. The Balaban J connectivity index is 2.29. The highest BCUT2D eigenvalue weighted by Crippen LogP contribution is 2.20. The monoisotopic (exact) mass is 306 g/mol. The summed E-state index contributed by atoms with van der Waals surface area (Å²) in [5.74, 6) is 0.271. The first kappa shape index (κ1) is 15.2. The van der Waals surface area contributed by atoms with Crippen LogP contribution < -0.4 is 10.0 Å². The molecule has 0 aliphatic rings. The molecule has 2 N–H and O–H groups in total. The Morgan fingerprint density at radius 3 is 2.67 bits per heavy atom. The van der Waals surface area contributed by atoms with Crippen LogP contribution in [0.25, 0.3) is 0 Å². The lowest BCUT2D eigenvalue weighted by molar-refractivity contribution is 0.597. The zero-order chi connectivity index (χ0) is 15.3. The van der Waals surface area contributed by atoms with Crippen molar-refractivity contribution in [1.29, 1.82) is 0 Å². The second-order valence-electron chi connectivity index (χ2n) is 4.61. The molecule has 0 fully saturated rings. The van der Waals surface area contributed by atoms with Crippen molar-refractivity contribution in [3.8, 4) is 0 Å². The molecule has 21 heavy (non-hydrogen) atoms. The molecule has 7 heteroatoms. The largest absolute Gasteiger partial charge is 0.383 e. The molecule has 0 radical (unpaired) electrons. The number of aromatic nitrogens is 2. The molecule has 0 unspecified atom stereocenters. The Hall–Kier alpha value is -2.15. The molecule has 2 rings (SSSR count). The highest BCUT2D eigenvalue weighted by Gasteiger charge is 2.20. The van der Waals surface area contributed by atoms with E-state index in [0.29, 0.717) is 12.2 Å². The van der Waals surface area contributed by atoms with Crippen LogP contribution in [0.2, 0.25) is 0 Å². The second-order valence-corrected chi connectivity index (χ2v) is 6.21. The summed E-state index contributed by atoms with van der Waals surface area (Å²) in [7, 11) is -3.77. The minimum absolute atomic E-state index is 0.0270. The molecule has 0 bridgehead atoms. The molecular weight excluding hydrogens is 288 g/mol. The van der Waals surface area contributed by atoms with Crippen LogP contribution >= 0.6 is 0 Å². The molecule has 0 saturated heterocycles. The predicted molar refractivity (Wildman–Crippen MR) is 82.8 cm³/mol. The number of nitrogens with one attached hydrogen (secondary N) is 2. The van der Waals surface area contributed by atoms with Crippen molar-refractivity contribution < 1.29 is 8.42 Å². The molecule has 0 atom stereocenters. The number of rotatable bonds is 6. The molecule has 2 aromatic rings. The molecule has 112 valence electrons. The summed E-state index contributed by atoms with van der Waals surface area (Å²) in [6, 6.07) is 6.80. The van der Waals surface area contributed by atoms with E-state index in [-0.39, 0.29) is 10.8 Å². The van der Waals surface area contributed by atoms with Gasteiger partial charge in [-0.15, -0.1) is 0 Å². The van der Waals surface area contributed by atoms with Crippen molar-refractivity contribution in [2.24, 2.45) is 0 Å². The topological polar surface area (TPSA) is 84.0 Å². The summed E-state index contributed by atoms with van der Waals surface area (Å²) in [5.41, 5.74) is 1.44. The van der Waals surface area contributed by atoms with Gasteiger partial charge < -0.3 is 5.32 Å². The predicted octanol–water partition coefficient (Wildman–Crippen LogP) is 2.41. The van der Waals surface area contributed by atoms with Gasteiger partial charge in [-0.1, -0.05) is 13.0 Å². The molecule has 0 aliphatic heterocycles. The number of anilines is 2. The van der Waals surface area contributed by atoms with Crippen LogP contribution in [-0.4, -0.2) is 24.9 Å². The number of sulfonamides is 1. The van der Waals surface area contributed by atoms with E-state index in [2.05, 4.69) is 20.0 Å². The summed E-state index contributed by atoms with van der Waals surface area (Å²) < 4.78 is 27.3. The summed E-state index contributed by atoms with van der Waals surface area (Å²) in [5, 5.41) is 3.03. The smallest absolute Gasteiger partial charge is 0.282 e. The van der Waals surface area contributed by atoms with Gasteiger partial charge in [0.1, 0.15) is 5.82 Å². The van der Waals surface area contributed by atoms with Gasteiger partial charge in [0.25, 0.3) is 10.0 Å². The van der Waals surface area contributed by atoms with E-state index in [1.165, 1.54) is 6.20 Å². The van der Waals surface area contributed by atoms with E-state index < -0.39 is 10.0 Å². The minimum Gasteiger partial charge on any atom is -0.383 e. The fourth-order valence-electron chi connectivity index (χ4n) is 1.71. The van der Waals surface area contributed by atoms with Crippen LogP contribution in [0, 0.1) is 6.92 Å². The average Bonchev–Trinajstić information content (AvgIpc) is 2.47. The van der Waals surface area contributed by atoms with Crippen LogP contribution in [0.1, 0.15) is 18.9 Å². The molecule has 0 aliphatic carbocycles. The van der Waals surface area contributed by atoms with Gasteiger partial charge in [-0.3, -0.25) is 4.72 Å². The maximum atomic E-state index is 12.4. The van der Waals surface area contributed by atoms with Crippen molar-refractivity contribution in [2.45, 2.75) is 25.3 Å². The number of aryl methyl sites for hydroxylation is 1. The molecule has 0 spiro atoms. The lowest BCUT2D eigenvalue weighted by Crippen LogP contribution is -2.17. The Morgan fingerprint density at radius 2 is 2.00 bits per heavy atom. The van der Waals surface area contributed by atoms with Crippen LogP contribution in [0.5, 0.6) is 0 Å². The third-order valence-corrected chi connectivity index (χ3v) is 4.05.